The van der Waals surface area contributed by atoms with Gasteiger partial charge in [0.05, 0.1) is 21.2 Å². The monoisotopic (exact) mass is 563 g/mol. The van der Waals surface area contributed by atoms with Gasteiger partial charge in [-0.05, 0) is 43.3 Å². The van der Waals surface area contributed by atoms with Crippen molar-refractivity contribution in [1.82, 2.24) is 9.88 Å². The Morgan fingerprint density at radius 3 is 2.38 bits per heavy atom. The van der Waals surface area contributed by atoms with Crippen LogP contribution in [0.1, 0.15) is 12.5 Å². The Balaban J connectivity index is 1.42. The van der Waals surface area contributed by atoms with Crippen molar-refractivity contribution >= 4 is 61.2 Å². The number of carbonyl (C=O) groups excluding carboxylic acids is 2. The van der Waals surface area contributed by atoms with Crippen molar-refractivity contribution in [2.45, 2.75) is 11.8 Å². The molecule has 1 fully saturated rings. The molecule has 0 radical (unpaired) electrons. The van der Waals surface area contributed by atoms with E-state index in [1.807, 2.05) is 4.90 Å². The van der Waals surface area contributed by atoms with Crippen molar-refractivity contribution < 1.29 is 22.4 Å². The second-order valence-corrected chi connectivity index (χ2v) is 11.3. The van der Waals surface area contributed by atoms with Crippen molar-refractivity contribution in [3.05, 3.63) is 70.4 Å². The van der Waals surface area contributed by atoms with Crippen LogP contribution in [0, 0.1) is 17.1 Å². The maximum absolute atomic E-state index is 14.4. The van der Waals surface area contributed by atoms with Crippen LogP contribution in [0.15, 0.2) is 58.9 Å². The van der Waals surface area contributed by atoms with E-state index in [9.17, 15) is 22.4 Å². The van der Waals surface area contributed by atoms with Crippen LogP contribution in [-0.2, 0) is 19.6 Å². The summed E-state index contributed by atoms with van der Waals surface area (Å²) in [5.74, 6) is -3.38. The largest absolute Gasteiger partial charge is 0.368 e. The van der Waals surface area contributed by atoms with Crippen LogP contribution in [-0.4, -0.2) is 61.9 Å². The molecule has 1 unspecified atom stereocenters. The van der Waals surface area contributed by atoms with Crippen molar-refractivity contribution in [3.8, 4) is 0 Å². The molecule has 2 N–H and O–H groups in total. The highest BCUT2D eigenvalue weighted by Crippen LogP contribution is 2.26. The van der Waals surface area contributed by atoms with E-state index in [1.165, 1.54) is 53.6 Å². The lowest BCUT2D eigenvalue weighted by atomic mass is 9.91. The van der Waals surface area contributed by atoms with Crippen molar-refractivity contribution in [2.75, 3.05) is 35.8 Å². The molecule has 2 heterocycles. The van der Waals surface area contributed by atoms with Gasteiger partial charge in [0.2, 0.25) is 5.91 Å². The van der Waals surface area contributed by atoms with Crippen LogP contribution in [0.25, 0.3) is 0 Å². The number of anilines is 2. The van der Waals surface area contributed by atoms with Gasteiger partial charge in [0.25, 0.3) is 10.0 Å². The third-order valence-electron chi connectivity index (χ3n) is 5.93. The molecule has 4 rings (SSSR count). The van der Waals surface area contributed by atoms with Crippen molar-refractivity contribution in [3.63, 3.8) is 0 Å². The molecule has 13 heteroatoms. The number of hydrogen-bond donors (Lipinski definition) is 2. The number of benzene rings is 2. The normalized spacial score (nSPS) is 14.8. The zero-order valence-corrected chi connectivity index (χ0v) is 22.0. The van der Waals surface area contributed by atoms with E-state index in [4.69, 9.17) is 17.0 Å². The maximum atomic E-state index is 14.4. The zero-order valence-electron chi connectivity index (χ0n) is 19.6. The standard InChI is InChI=1S/C24H23ClFN5O4S2/c1-15(32)20(22(27)21-18(25)3-2-4-19(21)26)23(33)31-12-10-30(11-13-31)16-5-7-17(8-6-16)37(34,35)29-24-28-9-14-36-24/h2-9,14,20,27H,10-13H2,1H3,(H,28,29). The molecule has 37 heavy (non-hydrogen) atoms. The average Bonchev–Trinajstić information content (AvgIpc) is 3.36. The number of piperazine rings is 1. The fourth-order valence-corrected chi connectivity index (χ4v) is 6.11. The topological polar surface area (TPSA) is 124 Å². The predicted molar refractivity (Wildman–Crippen MR) is 141 cm³/mol. The minimum atomic E-state index is -3.77. The summed E-state index contributed by atoms with van der Waals surface area (Å²) in [4.78, 5) is 33.0. The van der Waals surface area contributed by atoms with Crippen LogP contribution in [0.2, 0.25) is 5.02 Å². The molecule has 1 aliphatic heterocycles. The Labute approximate surface area is 222 Å². The lowest BCUT2D eigenvalue weighted by Crippen LogP contribution is -2.52. The van der Waals surface area contributed by atoms with E-state index in [0.29, 0.717) is 13.1 Å². The van der Waals surface area contributed by atoms with Crippen LogP contribution >= 0.6 is 22.9 Å². The highest BCUT2D eigenvalue weighted by Gasteiger charge is 2.36. The summed E-state index contributed by atoms with van der Waals surface area (Å²) in [6.07, 6.45) is 1.51. The SMILES string of the molecule is CC(=O)C(C(=N)c1c(F)cccc1Cl)C(=O)N1CCN(c2ccc(S(=O)(=O)Nc3nccs3)cc2)CC1. The van der Waals surface area contributed by atoms with Gasteiger partial charge in [-0.1, -0.05) is 17.7 Å². The first-order valence-corrected chi connectivity index (χ1v) is 13.9. The molecule has 1 atom stereocenters. The number of sulfonamides is 1. The molecule has 1 saturated heterocycles. The van der Waals surface area contributed by atoms with E-state index >= 15 is 0 Å². The van der Waals surface area contributed by atoms with Crippen LogP contribution in [0.4, 0.5) is 15.2 Å². The summed E-state index contributed by atoms with van der Waals surface area (Å²) in [5, 5.41) is 10.3. The molecule has 1 amide bonds. The number of aromatic nitrogens is 1. The van der Waals surface area contributed by atoms with Gasteiger partial charge in [0, 0.05) is 43.4 Å². The summed E-state index contributed by atoms with van der Waals surface area (Å²) < 4.78 is 41.9. The molecule has 0 aliphatic carbocycles. The van der Waals surface area contributed by atoms with Gasteiger partial charge in [0.1, 0.15) is 17.5 Å². The van der Waals surface area contributed by atoms with E-state index in [1.54, 1.807) is 17.5 Å². The maximum Gasteiger partial charge on any atom is 0.263 e. The van der Waals surface area contributed by atoms with Gasteiger partial charge in [-0.15, -0.1) is 11.3 Å². The molecule has 0 bridgehead atoms. The van der Waals surface area contributed by atoms with Crippen LogP contribution in [0.3, 0.4) is 0 Å². The van der Waals surface area contributed by atoms with E-state index in [2.05, 4.69) is 9.71 Å². The first-order chi connectivity index (χ1) is 17.6. The number of thiazole rings is 1. The number of ketones is 1. The molecular formula is C24H23ClFN5O4S2. The van der Waals surface area contributed by atoms with Gasteiger partial charge < -0.3 is 15.2 Å². The highest BCUT2D eigenvalue weighted by molar-refractivity contribution is 7.93. The second kappa shape index (κ2) is 11.0. The van der Waals surface area contributed by atoms with Crippen molar-refractivity contribution in [2.24, 2.45) is 5.92 Å². The number of amides is 1. The Hall–Kier alpha value is -3.35. The van der Waals surface area contributed by atoms with Crippen molar-refractivity contribution in [1.29, 1.82) is 5.41 Å². The number of Topliss-reactive ketones (excluding diaryl/α,β-unsaturated/α-hetero) is 1. The molecule has 3 aromatic rings. The second-order valence-electron chi connectivity index (χ2n) is 8.30. The number of nitrogens with zero attached hydrogens (tertiary/aromatic N) is 3. The van der Waals surface area contributed by atoms with Gasteiger partial charge in [-0.3, -0.25) is 14.3 Å². The number of rotatable bonds is 8. The average molecular weight is 564 g/mol. The third kappa shape index (κ3) is 5.81. The molecule has 0 spiro atoms. The number of nitrogens with one attached hydrogen (secondary N) is 2. The fourth-order valence-electron chi connectivity index (χ4n) is 4.05. The summed E-state index contributed by atoms with van der Waals surface area (Å²) in [7, 11) is -3.77. The molecular weight excluding hydrogens is 541 g/mol. The summed E-state index contributed by atoms with van der Waals surface area (Å²) in [6.45, 7) is 2.58. The molecule has 1 aromatic heterocycles. The van der Waals surface area contributed by atoms with Gasteiger partial charge in [-0.25, -0.2) is 17.8 Å². The first kappa shape index (κ1) is 26.7. The lowest BCUT2D eigenvalue weighted by molar-refractivity contribution is -0.138. The third-order valence-corrected chi connectivity index (χ3v) is 8.42. The Bertz CT molecular complexity index is 1400. The minimum absolute atomic E-state index is 0.0406. The zero-order chi connectivity index (χ0) is 26.7. The Morgan fingerprint density at radius 1 is 1.14 bits per heavy atom. The molecule has 1 aliphatic rings. The number of hydrogen-bond acceptors (Lipinski definition) is 8. The smallest absolute Gasteiger partial charge is 0.263 e. The number of carbonyl (C=O) groups is 2. The summed E-state index contributed by atoms with van der Waals surface area (Å²) >= 11 is 7.23. The molecule has 0 saturated carbocycles. The highest BCUT2D eigenvalue weighted by atomic mass is 35.5. The number of halogens is 2. The quantitative estimate of drug-likeness (QED) is 0.318. The van der Waals surface area contributed by atoms with Gasteiger partial charge in [-0.2, -0.15) is 0 Å². The van der Waals surface area contributed by atoms with E-state index in [0.717, 1.165) is 11.8 Å². The van der Waals surface area contributed by atoms with Gasteiger partial charge >= 0.3 is 0 Å². The lowest BCUT2D eigenvalue weighted by Gasteiger charge is -2.37. The first-order valence-electron chi connectivity index (χ1n) is 11.2. The van der Waals surface area contributed by atoms with Crippen LogP contribution in [0.5, 0.6) is 0 Å². The molecule has 9 nitrogen and oxygen atoms in total. The predicted octanol–water partition coefficient (Wildman–Crippen LogP) is 3.66. The summed E-state index contributed by atoms with van der Waals surface area (Å²) in [5.41, 5.74) is 0.0521. The van der Waals surface area contributed by atoms with Crippen LogP contribution < -0.4 is 9.62 Å². The van der Waals surface area contributed by atoms with E-state index in [-0.39, 0.29) is 33.7 Å². The fraction of sp³-hybridized carbons (Fsp3) is 0.250. The summed E-state index contributed by atoms with van der Waals surface area (Å²) in [6, 6.07) is 10.3. The molecule has 194 valence electrons. The Kier molecular flexibility index (Phi) is 7.90. The Morgan fingerprint density at radius 2 is 1.81 bits per heavy atom. The molecule has 2 aromatic carbocycles. The minimum Gasteiger partial charge on any atom is -0.368 e. The van der Waals surface area contributed by atoms with Gasteiger partial charge in [0.15, 0.2) is 5.13 Å². The van der Waals surface area contributed by atoms with E-state index < -0.39 is 39.2 Å².